The minimum absolute atomic E-state index is 0.0348. The fourth-order valence-corrected chi connectivity index (χ4v) is 4.14. The second-order valence-corrected chi connectivity index (χ2v) is 7.24. The van der Waals surface area contributed by atoms with E-state index in [9.17, 15) is 4.79 Å². The number of likely N-dealkylation sites (tertiary alicyclic amines) is 2. The summed E-state index contributed by atoms with van der Waals surface area (Å²) in [4.78, 5) is 16.8. The Balaban J connectivity index is 1.41. The number of piperidine rings is 1. The predicted octanol–water partition coefficient (Wildman–Crippen LogP) is 1.64. The molecular weight excluding hydrogens is 330 g/mol. The van der Waals surface area contributed by atoms with Crippen LogP contribution in [0.4, 0.5) is 0 Å². The van der Waals surface area contributed by atoms with Crippen molar-refractivity contribution in [2.75, 3.05) is 26.2 Å². The fourth-order valence-electron chi connectivity index (χ4n) is 4.14. The largest absolute Gasteiger partial charge is 0.337 e. The molecule has 0 aliphatic carbocycles. The summed E-state index contributed by atoms with van der Waals surface area (Å²) in [5, 5.41) is 15.7. The summed E-state index contributed by atoms with van der Waals surface area (Å²) in [5.41, 5.74) is 0.563. The van der Waals surface area contributed by atoms with Gasteiger partial charge in [-0.2, -0.15) is 5.10 Å². The maximum Gasteiger partial charge on any atom is 0.271 e. The van der Waals surface area contributed by atoms with E-state index in [2.05, 4.69) is 36.8 Å². The zero-order chi connectivity index (χ0) is 17.9. The second-order valence-electron chi connectivity index (χ2n) is 7.24. The molecule has 26 heavy (non-hydrogen) atoms. The Bertz CT molecular complexity index is 725. The van der Waals surface area contributed by atoms with Crippen LogP contribution in [0.15, 0.2) is 12.3 Å². The second kappa shape index (κ2) is 7.57. The van der Waals surface area contributed by atoms with Crippen LogP contribution < -0.4 is 0 Å². The monoisotopic (exact) mass is 357 g/mol. The van der Waals surface area contributed by atoms with Crippen molar-refractivity contribution in [3.63, 3.8) is 0 Å². The van der Waals surface area contributed by atoms with Crippen molar-refractivity contribution in [1.82, 2.24) is 34.8 Å². The molecule has 0 bridgehead atoms. The molecule has 0 spiro atoms. The SMILES string of the molecule is CCn1c(CN2CCCC2)nnc1C1CCN(C(=O)c2ccn[nH]2)CC1. The van der Waals surface area contributed by atoms with Crippen molar-refractivity contribution in [1.29, 1.82) is 0 Å². The highest BCUT2D eigenvalue weighted by Gasteiger charge is 2.29. The zero-order valence-electron chi connectivity index (χ0n) is 15.4. The molecule has 0 atom stereocenters. The molecule has 8 heteroatoms. The third-order valence-corrected chi connectivity index (χ3v) is 5.61. The minimum Gasteiger partial charge on any atom is -0.337 e. The predicted molar refractivity (Wildman–Crippen MR) is 96.7 cm³/mol. The van der Waals surface area contributed by atoms with Gasteiger partial charge in [-0.05, 0) is 51.8 Å². The molecule has 8 nitrogen and oxygen atoms in total. The number of carbonyl (C=O) groups excluding carboxylic acids is 1. The van der Waals surface area contributed by atoms with Gasteiger partial charge in [-0.15, -0.1) is 10.2 Å². The van der Waals surface area contributed by atoms with E-state index in [4.69, 9.17) is 0 Å². The molecular formula is C18H27N7O. The fraction of sp³-hybridized carbons (Fsp3) is 0.667. The molecule has 2 aliphatic rings. The first-order chi connectivity index (χ1) is 12.8. The summed E-state index contributed by atoms with van der Waals surface area (Å²) in [7, 11) is 0. The minimum atomic E-state index is 0.0348. The van der Waals surface area contributed by atoms with Gasteiger partial charge < -0.3 is 9.47 Å². The molecule has 0 unspecified atom stereocenters. The average Bonchev–Trinajstić information content (AvgIpc) is 3.43. The molecule has 0 saturated carbocycles. The molecule has 1 N–H and O–H groups in total. The van der Waals surface area contributed by atoms with Crippen LogP contribution in [0.1, 0.15) is 60.7 Å². The number of carbonyl (C=O) groups is 1. The lowest BCUT2D eigenvalue weighted by atomic mass is 9.95. The molecule has 2 saturated heterocycles. The van der Waals surface area contributed by atoms with Gasteiger partial charge in [0.05, 0.1) is 6.54 Å². The first kappa shape index (κ1) is 17.2. The molecule has 0 aromatic carbocycles. The number of hydrogen-bond acceptors (Lipinski definition) is 5. The number of rotatable bonds is 5. The summed E-state index contributed by atoms with van der Waals surface area (Å²) in [6.45, 7) is 7.80. The third-order valence-electron chi connectivity index (χ3n) is 5.61. The van der Waals surface area contributed by atoms with E-state index in [1.807, 2.05) is 4.90 Å². The Hall–Kier alpha value is -2.22. The summed E-state index contributed by atoms with van der Waals surface area (Å²) in [6.07, 6.45) is 6.06. The molecule has 4 heterocycles. The lowest BCUT2D eigenvalue weighted by molar-refractivity contribution is 0.0704. The van der Waals surface area contributed by atoms with Gasteiger partial charge in [-0.1, -0.05) is 0 Å². The van der Waals surface area contributed by atoms with Crippen molar-refractivity contribution >= 4 is 5.91 Å². The summed E-state index contributed by atoms with van der Waals surface area (Å²) < 4.78 is 2.29. The number of nitrogens with zero attached hydrogens (tertiary/aromatic N) is 6. The Morgan fingerprint density at radius 2 is 1.96 bits per heavy atom. The summed E-state index contributed by atoms with van der Waals surface area (Å²) in [5.74, 6) is 2.59. The highest BCUT2D eigenvalue weighted by molar-refractivity contribution is 5.92. The van der Waals surface area contributed by atoms with Crippen LogP contribution >= 0.6 is 0 Å². The van der Waals surface area contributed by atoms with Crippen molar-refractivity contribution in [2.45, 2.75) is 51.6 Å². The van der Waals surface area contributed by atoms with Crippen LogP contribution in [0.3, 0.4) is 0 Å². The summed E-state index contributed by atoms with van der Waals surface area (Å²) >= 11 is 0. The standard InChI is InChI=1S/C18H27N7O/c1-2-25-16(13-23-9-3-4-10-23)21-22-17(25)14-6-11-24(12-7-14)18(26)15-5-8-19-20-15/h5,8,14H,2-4,6-7,9-13H2,1H3,(H,19,20). The van der Waals surface area contributed by atoms with E-state index < -0.39 is 0 Å². The van der Waals surface area contributed by atoms with E-state index in [-0.39, 0.29) is 5.91 Å². The Kier molecular flexibility index (Phi) is 5.01. The van der Waals surface area contributed by atoms with Gasteiger partial charge in [-0.25, -0.2) is 0 Å². The van der Waals surface area contributed by atoms with E-state index in [1.165, 1.54) is 25.9 Å². The molecule has 2 fully saturated rings. The van der Waals surface area contributed by atoms with E-state index in [0.717, 1.165) is 50.7 Å². The Labute approximate surface area is 153 Å². The van der Waals surface area contributed by atoms with Gasteiger partial charge in [-0.3, -0.25) is 14.8 Å². The van der Waals surface area contributed by atoms with Gasteiger partial charge in [0.1, 0.15) is 17.3 Å². The number of H-pyrrole nitrogens is 1. The Morgan fingerprint density at radius 3 is 2.62 bits per heavy atom. The molecule has 4 rings (SSSR count). The lowest BCUT2D eigenvalue weighted by Gasteiger charge is -2.31. The number of amides is 1. The molecule has 1 amide bonds. The summed E-state index contributed by atoms with van der Waals surface area (Å²) in [6, 6.07) is 1.73. The topological polar surface area (TPSA) is 82.9 Å². The normalized spacial score (nSPS) is 19.3. The van der Waals surface area contributed by atoms with Gasteiger partial charge in [0.2, 0.25) is 0 Å². The van der Waals surface area contributed by atoms with Gasteiger partial charge in [0.25, 0.3) is 5.91 Å². The first-order valence-corrected chi connectivity index (χ1v) is 9.69. The van der Waals surface area contributed by atoms with E-state index in [0.29, 0.717) is 11.6 Å². The quantitative estimate of drug-likeness (QED) is 0.879. The van der Waals surface area contributed by atoms with E-state index >= 15 is 0 Å². The molecule has 2 aromatic heterocycles. The van der Waals surface area contributed by atoms with Gasteiger partial charge >= 0.3 is 0 Å². The number of hydrogen-bond donors (Lipinski definition) is 1. The average molecular weight is 357 g/mol. The number of aromatic nitrogens is 5. The van der Waals surface area contributed by atoms with Crippen LogP contribution in [0.2, 0.25) is 0 Å². The maximum absolute atomic E-state index is 12.4. The van der Waals surface area contributed by atoms with Crippen LogP contribution in [0.5, 0.6) is 0 Å². The van der Waals surface area contributed by atoms with Crippen LogP contribution in [0.25, 0.3) is 0 Å². The van der Waals surface area contributed by atoms with Gasteiger partial charge in [0.15, 0.2) is 0 Å². The molecule has 140 valence electrons. The number of nitrogens with one attached hydrogen (secondary N) is 1. The molecule has 2 aliphatic heterocycles. The highest BCUT2D eigenvalue weighted by atomic mass is 16.2. The van der Waals surface area contributed by atoms with Crippen molar-refractivity contribution < 1.29 is 4.79 Å². The highest BCUT2D eigenvalue weighted by Crippen LogP contribution is 2.28. The van der Waals surface area contributed by atoms with Crippen LogP contribution in [-0.4, -0.2) is 66.8 Å². The lowest BCUT2D eigenvalue weighted by Crippen LogP contribution is -2.38. The van der Waals surface area contributed by atoms with Crippen molar-refractivity contribution in [3.8, 4) is 0 Å². The smallest absolute Gasteiger partial charge is 0.271 e. The van der Waals surface area contributed by atoms with Crippen molar-refractivity contribution in [3.05, 3.63) is 29.6 Å². The van der Waals surface area contributed by atoms with E-state index in [1.54, 1.807) is 12.3 Å². The third kappa shape index (κ3) is 3.38. The Morgan fingerprint density at radius 1 is 1.19 bits per heavy atom. The molecule has 0 radical (unpaired) electrons. The van der Waals surface area contributed by atoms with Gasteiger partial charge in [0, 0.05) is 31.7 Å². The maximum atomic E-state index is 12.4. The zero-order valence-corrected chi connectivity index (χ0v) is 15.4. The first-order valence-electron chi connectivity index (χ1n) is 9.69. The van der Waals surface area contributed by atoms with Crippen LogP contribution in [0, 0.1) is 0 Å². The molecule has 2 aromatic rings. The van der Waals surface area contributed by atoms with Crippen molar-refractivity contribution in [2.24, 2.45) is 0 Å². The van der Waals surface area contributed by atoms with Crippen LogP contribution in [-0.2, 0) is 13.1 Å². The number of aromatic amines is 1.